The molecule has 0 aromatic rings. The first kappa shape index (κ1) is 54.0. The van der Waals surface area contributed by atoms with Crippen LogP contribution < -0.4 is 0 Å². The second-order valence-electron chi connectivity index (χ2n) is 32.8. The van der Waals surface area contributed by atoms with E-state index in [0.29, 0.717) is 72.4 Å². The maximum Gasteiger partial charge on any atom is 0.313 e. The molecule has 442 valence electrons. The van der Waals surface area contributed by atoms with E-state index in [1.165, 1.54) is 51.4 Å². The molecular formula is C69H100O11. The van der Waals surface area contributed by atoms with E-state index >= 15 is 0 Å². The molecule has 15 aliphatic carbocycles. The van der Waals surface area contributed by atoms with Crippen molar-refractivity contribution in [2.75, 3.05) is 26.4 Å². The normalized spacial score (nSPS) is 59.6. The molecule has 80 heavy (non-hydrogen) atoms. The van der Waals surface area contributed by atoms with Crippen LogP contribution in [0.4, 0.5) is 0 Å². The maximum atomic E-state index is 12.0. The fraction of sp³-hybridized carbons (Fsp3) is 0.928. The third-order valence-corrected chi connectivity index (χ3v) is 31.1. The van der Waals surface area contributed by atoms with Gasteiger partial charge in [-0.3, -0.25) is 24.0 Å². The van der Waals surface area contributed by atoms with E-state index in [2.05, 4.69) is 48.5 Å². The molecule has 0 aromatic carbocycles. The predicted molar refractivity (Wildman–Crippen MR) is 297 cm³/mol. The molecule has 21 rings (SSSR count). The Morgan fingerprint density at radius 3 is 1.36 bits per heavy atom. The minimum atomic E-state index is -0.234. The average Bonchev–Trinajstić information content (AvgIpc) is 4.38. The first-order valence-electron chi connectivity index (χ1n) is 33.8. The molecule has 6 heterocycles. The summed E-state index contributed by atoms with van der Waals surface area (Å²) in [7, 11) is 0. The van der Waals surface area contributed by atoms with Gasteiger partial charge in [-0.05, 0) is 252 Å². The fourth-order valence-corrected chi connectivity index (χ4v) is 27.4. The number of aliphatic hydroxyl groups excluding tert-OH is 1. The van der Waals surface area contributed by atoms with Crippen LogP contribution in [0.5, 0.6) is 0 Å². The Bertz CT molecular complexity index is 2530. The van der Waals surface area contributed by atoms with Gasteiger partial charge in [0, 0.05) is 29.8 Å². The molecule has 0 radical (unpaired) electrons. The number of esters is 5. The lowest BCUT2D eigenvalue weighted by atomic mass is 9.59. The Morgan fingerprint density at radius 1 is 0.450 bits per heavy atom. The van der Waals surface area contributed by atoms with Gasteiger partial charge in [0.2, 0.25) is 0 Å². The molecule has 11 nitrogen and oxygen atoms in total. The lowest BCUT2D eigenvalue weighted by Crippen LogP contribution is -2.44. The van der Waals surface area contributed by atoms with Gasteiger partial charge in [0.05, 0.1) is 48.9 Å². The minimum absolute atomic E-state index is 0.00116. The van der Waals surface area contributed by atoms with Crippen LogP contribution in [0.15, 0.2) is 0 Å². The Labute approximate surface area is 478 Å². The van der Waals surface area contributed by atoms with Crippen molar-refractivity contribution >= 4 is 29.8 Å². The smallest absolute Gasteiger partial charge is 0.313 e. The van der Waals surface area contributed by atoms with E-state index in [1.807, 2.05) is 20.8 Å². The van der Waals surface area contributed by atoms with Gasteiger partial charge < -0.3 is 28.8 Å². The Hall–Kier alpha value is -2.69. The summed E-state index contributed by atoms with van der Waals surface area (Å²) < 4.78 is 26.9. The zero-order valence-electron chi connectivity index (χ0n) is 50.3. The zero-order chi connectivity index (χ0) is 55.7. The molecule has 21 fully saturated rings. The average molecular weight is 1110 g/mol. The van der Waals surface area contributed by atoms with E-state index in [1.54, 1.807) is 0 Å². The fourth-order valence-electron chi connectivity index (χ4n) is 27.4. The largest absolute Gasteiger partial charge is 0.465 e. The molecule has 33 unspecified atom stereocenters. The van der Waals surface area contributed by atoms with Crippen LogP contribution in [0.2, 0.25) is 0 Å². The van der Waals surface area contributed by atoms with Gasteiger partial charge in [0.15, 0.2) is 0 Å². The molecule has 33 atom stereocenters. The van der Waals surface area contributed by atoms with Crippen LogP contribution in [0.1, 0.15) is 159 Å². The second kappa shape index (κ2) is 18.7. The van der Waals surface area contributed by atoms with Crippen LogP contribution in [0.3, 0.4) is 0 Å². The van der Waals surface area contributed by atoms with E-state index in [4.69, 9.17) is 23.7 Å². The Balaban J connectivity index is 0.0000000867. The Morgan fingerprint density at radius 2 is 0.900 bits per heavy atom. The molecular weight excluding hydrogens is 1000 g/mol. The standard InChI is InChI=1S/C16H22O3.C16H22O2.C15H20O2.C10H14O2.C10H16O2.C2H6/c1-6-7-2-8(11(6)4-17)14-9-3-10(13(7)14)15-12(9)5-19-16(15)18;1-6-7(2)9-3-8(6)13-10-4-11(14(9)13)15-12(10)5-18-16(15)17;1-6-2-7-3-8(6)13-9-4-10(12(7)13)14-11(9)5-17-15(14)16;11-10-8-2-6-1-7(3-8)5-9(4-6)12-10;1-8(2)9(3)5-6-10(8,4)12-7(9)11;1-2/h6-15,17H,2-5H2,1H3;6-15H,3-5H2,1-2H3;6-14H,2-5H2,1H3;6-9H,1-5H2;5-6H2,1-4H3;1-2H3. The third kappa shape index (κ3) is 7.08. The first-order chi connectivity index (χ1) is 38.3. The predicted octanol–water partition coefficient (Wildman–Crippen LogP) is 11.4. The molecule has 6 aliphatic heterocycles. The molecule has 0 spiro atoms. The van der Waals surface area contributed by atoms with E-state index < -0.39 is 0 Å². The van der Waals surface area contributed by atoms with Crippen LogP contribution in [-0.2, 0) is 47.7 Å². The maximum absolute atomic E-state index is 12.0. The SMILES string of the molecule is CC.CC12CCC(C)(C(=O)O1)C2(C)C.CC1C(C)C2CC1C1C3CC(C4C(=O)OCC34)C21.CC1C(CO)C2CC1C1C3CC(C4COC(=O)C43)C21.CC1CC2CC1C1C3CC(C4C(=O)OCC34)C21.O=C1OC2CC3CC(C2)CC1C3. The number of rotatable bonds is 1. The second-order valence-corrected chi connectivity index (χ2v) is 32.8. The third-order valence-electron chi connectivity index (χ3n) is 31.1. The summed E-state index contributed by atoms with van der Waals surface area (Å²) in [6.45, 7) is 24.7. The van der Waals surface area contributed by atoms with Gasteiger partial charge in [-0.1, -0.05) is 55.4 Å². The highest BCUT2D eigenvalue weighted by molar-refractivity contribution is 5.82. The molecule has 21 aliphatic rings. The minimum Gasteiger partial charge on any atom is -0.465 e. The number of hydrogen-bond acceptors (Lipinski definition) is 11. The molecule has 18 bridgehead atoms. The number of aliphatic hydroxyl groups is 1. The van der Waals surface area contributed by atoms with Crippen molar-refractivity contribution in [1.29, 1.82) is 0 Å². The highest BCUT2D eigenvalue weighted by atomic mass is 16.6. The topological polar surface area (TPSA) is 152 Å². The highest BCUT2D eigenvalue weighted by Gasteiger charge is 2.75. The number of hydrogen-bond donors (Lipinski definition) is 1. The summed E-state index contributed by atoms with van der Waals surface area (Å²) in [5.74, 6) is 24.1. The molecule has 0 amide bonds. The van der Waals surface area contributed by atoms with Crippen molar-refractivity contribution in [3.05, 3.63) is 0 Å². The van der Waals surface area contributed by atoms with Crippen molar-refractivity contribution in [2.24, 2.45) is 200 Å². The number of fused-ring (bicyclic) bond motifs is 39. The van der Waals surface area contributed by atoms with E-state index in [-0.39, 0.29) is 64.2 Å². The molecule has 15 saturated carbocycles. The summed E-state index contributed by atoms with van der Waals surface area (Å²) in [5.41, 5.74) is -0.447. The molecule has 1 N–H and O–H groups in total. The molecule has 11 heteroatoms. The number of cyclic esters (lactones) is 3. The van der Waals surface area contributed by atoms with Crippen molar-refractivity contribution in [1.82, 2.24) is 0 Å². The quantitative estimate of drug-likeness (QED) is 0.152. The van der Waals surface area contributed by atoms with Gasteiger partial charge in [0.1, 0.15) is 11.7 Å². The highest BCUT2D eigenvalue weighted by Crippen LogP contribution is 2.76. The number of carbonyl (C=O) groups is 5. The van der Waals surface area contributed by atoms with E-state index in [0.717, 1.165) is 170 Å². The summed E-state index contributed by atoms with van der Waals surface area (Å²) in [6, 6.07) is 0. The summed E-state index contributed by atoms with van der Waals surface area (Å²) in [5, 5.41) is 9.70. The Kier molecular flexibility index (Phi) is 12.6. The number of carbonyl (C=O) groups excluding carboxylic acids is 5. The van der Waals surface area contributed by atoms with E-state index in [9.17, 15) is 29.1 Å². The van der Waals surface area contributed by atoms with Crippen molar-refractivity contribution in [3.8, 4) is 0 Å². The summed E-state index contributed by atoms with van der Waals surface area (Å²) in [6.07, 6.45) is 17.9. The van der Waals surface area contributed by atoms with Gasteiger partial charge in [-0.25, -0.2) is 0 Å². The van der Waals surface area contributed by atoms with Crippen LogP contribution in [-0.4, -0.2) is 73.1 Å². The summed E-state index contributed by atoms with van der Waals surface area (Å²) in [4.78, 5) is 58.8. The molecule has 6 saturated heterocycles. The van der Waals surface area contributed by atoms with Crippen molar-refractivity contribution < 1.29 is 52.8 Å². The van der Waals surface area contributed by atoms with Gasteiger partial charge in [-0.2, -0.15) is 0 Å². The van der Waals surface area contributed by atoms with Gasteiger partial charge in [0.25, 0.3) is 0 Å². The van der Waals surface area contributed by atoms with Crippen LogP contribution in [0, 0.1) is 200 Å². The van der Waals surface area contributed by atoms with Crippen molar-refractivity contribution in [3.63, 3.8) is 0 Å². The monoisotopic (exact) mass is 1100 g/mol. The first-order valence-corrected chi connectivity index (χ1v) is 33.8. The number of ether oxygens (including phenoxy) is 5. The van der Waals surface area contributed by atoms with Gasteiger partial charge >= 0.3 is 29.8 Å². The van der Waals surface area contributed by atoms with Crippen molar-refractivity contribution in [2.45, 2.75) is 171 Å². The lowest BCUT2D eigenvalue weighted by molar-refractivity contribution is -0.158. The van der Waals surface area contributed by atoms with Crippen LogP contribution in [0.25, 0.3) is 0 Å². The van der Waals surface area contributed by atoms with Gasteiger partial charge in [-0.15, -0.1) is 0 Å². The zero-order valence-corrected chi connectivity index (χ0v) is 50.3. The lowest BCUT2D eigenvalue weighted by Gasteiger charge is -2.44. The molecule has 0 aromatic heterocycles. The van der Waals surface area contributed by atoms with Crippen LogP contribution >= 0.6 is 0 Å². The summed E-state index contributed by atoms with van der Waals surface area (Å²) >= 11 is 0.